The molecule has 1 fully saturated rings. The zero-order valence-electron chi connectivity index (χ0n) is 32.9. The third-order valence-electron chi connectivity index (χ3n) is 10.00. The molecule has 6 rings (SSSR count). The first-order valence-corrected chi connectivity index (χ1v) is 23.4. The van der Waals surface area contributed by atoms with Crippen molar-refractivity contribution < 1.29 is 34.8 Å². The van der Waals surface area contributed by atoms with Crippen LogP contribution in [0.1, 0.15) is 22.3 Å². The van der Waals surface area contributed by atoms with Crippen LogP contribution in [0.15, 0.2) is 136 Å². The Labute approximate surface area is 358 Å². The van der Waals surface area contributed by atoms with Gasteiger partial charge in [-0.2, -0.15) is 13.2 Å². The van der Waals surface area contributed by atoms with Crippen molar-refractivity contribution >= 4 is 60.5 Å². The minimum atomic E-state index is -6.03. The van der Waals surface area contributed by atoms with Crippen molar-refractivity contribution in [3.8, 4) is 11.1 Å². The second kappa shape index (κ2) is 19.4. The van der Waals surface area contributed by atoms with Gasteiger partial charge in [0.1, 0.15) is 4.90 Å². The lowest BCUT2D eigenvalue weighted by atomic mass is 9.99. The normalized spacial score (nSPS) is 14.6. The summed E-state index contributed by atoms with van der Waals surface area (Å²) in [5.74, 6) is -0.662. The number of halogens is 4. The lowest BCUT2D eigenvalue weighted by molar-refractivity contribution is -0.0435. The molecular weight excluding hydrogens is 855 g/mol. The van der Waals surface area contributed by atoms with Crippen LogP contribution in [0.3, 0.4) is 0 Å². The summed E-state index contributed by atoms with van der Waals surface area (Å²) in [5.41, 5.74) is -1.90. The van der Waals surface area contributed by atoms with Crippen LogP contribution in [0.5, 0.6) is 0 Å². The van der Waals surface area contributed by atoms with Gasteiger partial charge in [0.15, 0.2) is 0 Å². The standard InChI is InChI=1S/C43H45ClF3N5O5S3/c1-50(2)23-22-35(30-58-37-9-4-3-5-10-37)48-40-21-20-38(28-41(40)59(54,55)43(45,46)47)60(56,57)49-42(53)32-14-18-36(19-15-32)52-26-24-51(25-27-52)29-33-8-6-7-11-39(33)31-12-16-34(44)17-13-31/h3-21,28,35,48H,22-27,29-30H2,1-2H3,(H,49,53)/t35-/m1/s1. The zero-order chi connectivity index (χ0) is 43.1. The van der Waals surface area contributed by atoms with Gasteiger partial charge in [-0.15, -0.1) is 11.8 Å². The molecule has 0 radical (unpaired) electrons. The summed E-state index contributed by atoms with van der Waals surface area (Å²) < 4.78 is 96.6. The maximum Gasteiger partial charge on any atom is 0.501 e. The number of piperazine rings is 1. The molecule has 318 valence electrons. The van der Waals surface area contributed by atoms with Crippen LogP contribution < -0.4 is 14.9 Å². The Morgan fingerprint density at radius 2 is 1.48 bits per heavy atom. The fourth-order valence-corrected chi connectivity index (χ4v) is 9.86. The topological polar surface area (TPSA) is 119 Å². The molecule has 0 unspecified atom stereocenters. The molecule has 5 aromatic rings. The SMILES string of the molecule is CN(C)CC[C@H](CSc1ccccc1)Nc1ccc(S(=O)(=O)NC(=O)c2ccc(N3CCN(Cc4ccccc4-c4ccc(Cl)cc4)CC3)cc2)cc1S(=O)(=O)C(F)(F)F. The van der Waals surface area contributed by atoms with E-state index in [9.17, 15) is 34.8 Å². The van der Waals surface area contributed by atoms with Gasteiger partial charge in [-0.25, -0.2) is 21.6 Å². The molecule has 2 N–H and O–H groups in total. The third-order valence-corrected chi connectivity index (χ3v) is 14.3. The third kappa shape index (κ3) is 11.4. The van der Waals surface area contributed by atoms with Crippen molar-refractivity contribution in [3.63, 3.8) is 0 Å². The van der Waals surface area contributed by atoms with Crippen molar-refractivity contribution in [2.24, 2.45) is 0 Å². The zero-order valence-corrected chi connectivity index (χ0v) is 36.1. The Morgan fingerprint density at radius 3 is 2.13 bits per heavy atom. The number of nitrogens with zero attached hydrogens (tertiary/aromatic N) is 3. The molecule has 0 aromatic heterocycles. The molecule has 60 heavy (non-hydrogen) atoms. The van der Waals surface area contributed by atoms with Crippen molar-refractivity contribution in [1.82, 2.24) is 14.5 Å². The molecule has 10 nitrogen and oxygen atoms in total. The monoisotopic (exact) mass is 899 g/mol. The number of carbonyl (C=O) groups excluding carboxylic acids is 1. The van der Waals surface area contributed by atoms with Crippen LogP contribution in [0, 0.1) is 0 Å². The summed E-state index contributed by atoms with van der Waals surface area (Å²) in [5, 5.41) is 3.61. The van der Waals surface area contributed by atoms with Gasteiger partial charge in [0, 0.05) is 65.7 Å². The number of benzene rings is 5. The molecule has 1 heterocycles. The molecule has 5 aromatic carbocycles. The van der Waals surface area contributed by atoms with Crippen LogP contribution in [0.25, 0.3) is 11.1 Å². The number of hydrogen-bond donors (Lipinski definition) is 2. The van der Waals surface area contributed by atoms with Gasteiger partial charge >= 0.3 is 5.51 Å². The highest BCUT2D eigenvalue weighted by atomic mass is 35.5. The Morgan fingerprint density at radius 1 is 0.833 bits per heavy atom. The fraction of sp³-hybridized carbons (Fsp3) is 0.279. The van der Waals surface area contributed by atoms with Gasteiger partial charge in [-0.3, -0.25) is 9.69 Å². The van der Waals surface area contributed by atoms with Gasteiger partial charge in [0.25, 0.3) is 25.8 Å². The predicted molar refractivity (Wildman–Crippen MR) is 233 cm³/mol. The molecule has 0 saturated carbocycles. The minimum Gasteiger partial charge on any atom is -0.380 e. The van der Waals surface area contributed by atoms with E-state index in [1.54, 1.807) is 12.1 Å². The van der Waals surface area contributed by atoms with Crippen LogP contribution in [-0.4, -0.2) is 96.7 Å². The van der Waals surface area contributed by atoms with Crippen LogP contribution >= 0.6 is 23.4 Å². The molecule has 0 spiro atoms. The van der Waals surface area contributed by atoms with E-state index in [1.165, 1.54) is 29.5 Å². The van der Waals surface area contributed by atoms with E-state index < -0.39 is 52.8 Å². The number of thioether (sulfide) groups is 1. The molecule has 0 aliphatic carbocycles. The number of carbonyl (C=O) groups is 1. The number of anilines is 2. The van der Waals surface area contributed by atoms with Gasteiger partial charge in [0.05, 0.1) is 10.6 Å². The van der Waals surface area contributed by atoms with E-state index in [0.29, 0.717) is 42.9 Å². The van der Waals surface area contributed by atoms with E-state index in [4.69, 9.17) is 11.6 Å². The van der Waals surface area contributed by atoms with E-state index >= 15 is 0 Å². The lowest BCUT2D eigenvalue weighted by Crippen LogP contribution is -2.46. The lowest BCUT2D eigenvalue weighted by Gasteiger charge is -2.36. The fourth-order valence-electron chi connectivity index (χ4n) is 6.72. The smallest absolute Gasteiger partial charge is 0.380 e. The average Bonchev–Trinajstić information content (AvgIpc) is 3.22. The number of sulfone groups is 1. The molecule has 1 aliphatic heterocycles. The second-order valence-corrected chi connectivity index (χ2v) is 19.7. The maximum atomic E-state index is 14.0. The predicted octanol–water partition coefficient (Wildman–Crippen LogP) is 8.27. The summed E-state index contributed by atoms with van der Waals surface area (Å²) in [7, 11) is -7.20. The number of alkyl halides is 3. The Bertz CT molecular complexity index is 2470. The van der Waals surface area contributed by atoms with E-state index in [1.807, 2.05) is 90.4 Å². The largest absolute Gasteiger partial charge is 0.501 e. The first-order valence-electron chi connectivity index (χ1n) is 19.0. The summed E-state index contributed by atoms with van der Waals surface area (Å²) in [6.45, 7) is 4.26. The van der Waals surface area contributed by atoms with Gasteiger partial charge in [-0.05, 0) is 110 Å². The van der Waals surface area contributed by atoms with Crippen molar-refractivity contribution in [2.75, 3.05) is 62.8 Å². The summed E-state index contributed by atoms with van der Waals surface area (Å²) in [4.78, 5) is 18.4. The summed E-state index contributed by atoms with van der Waals surface area (Å²) in [6, 6.07) is 33.5. The van der Waals surface area contributed by atoms with Gasteiger partial charge < -0.3 is 15.1 Å². The van der Waals surface area contributed by atoms with Crippen LogP contribution in [0.4, 0.5) is 24.5 Å². The Balaban J connectivity index is 1.12. The van der Waals surface area contributed by atoms with Gasteiger partial charge in [0.2, 0.25) is 0 Å². The number of sulfonamides is 1. The Kier molecular flexibility index (Phi) is 14.6. The van der Waals surface area contributed by atoms with Crippen molar-refractivity contribution in [1.29, 1.82) is 0 Å². The number of rotatable bonds is 16. The number of hydrogen-bond acceptors (Lipinski definition) is 10. The molecule has 17 heteroatoms. The van der Waals surface area contributed by atoms with Crippen molar-refractivity contribution in [2.45, 2.75) is 39.2 Å². The van der Waals surface area contributed by atoms with E-state index in [0.717, 1.165) is 53.5 Å². The van der Waals surface area contributed by atoms with E-state index in [-0.39, 0.29) is 5.56 Å². The molecule has 0 bridgehead atoms. The van der Waals surface area contributed by atoms with Crippen LogP contribution in [0.2, 0.25) is 5.02 Å². The molecule has 1 aliphatic rings. The van der Waals surface area contributed by atoms with Crippen molar-refractivity contribution in [3.05, 3.63) is 137 Å². The highest BCUT2D eigenvalue weighted by Gasteiger charge is 2.48. The minimum absolute atomic E-state index is 0.0131. The Hall–Kier alpha value is -4.58. The highest BCUT2D eigenvalue weighted by molar-refractivity contribution is 7.99. The molecular formula is C43H45ClF3N5O5S3. The first kappa shape index (κ1) is 45.0. The first-order chi connectivity index (χ1) is 28.5. The highest BCUT2D eigenvalue weighted by Crippen LogP contribution is 2.37. The maximum absolute atomic E-state index is 14.0. The average molecular weight is 901 g/mol. The van der Waals surface area contributed by atoms with E-state index in [2.05, 4.69) is 27.2 Å². The number of nitrogens with one attached hydrogen (secondary N) is 2. The molecule has 1 atom stereocenters. The quantitative estimate of drug-likeness (QED) is 0.0938. The number of amides is 1. The molecule has 1 amide bonds. The second-order valence-electron chi connectivity index (χ2n) is 14.6. The summed E-state index contributed by atoms with van der Waals surface area (Å²) >= 11 is 7.54. The molecule has 1 saturated heterocycles. The summed E-state index contributed by atoms with van der Waals surface area (Å²) in [6.07, 6.45) is 0.435. The van der Waals surface area contributed by atoms with Gasteiger partial charge in [-0.1, -0.05) is 66.2 Å². The van der Waals surface area contributed by atoms with Crippen LogP contribution in [-0.2, 0) is 26.4 Å².